The van der Waals surface area contributed by atoms with Gasteiger partial charge in [0.05, 0.1) is 12.0 Å². The van der Waals surface area contributed by atoms with Crippen molar-refractivity contribution in [1.29, 1.82) is 0 Å². The van der Waals surface area contributed by atoms with Crippen molar-refractivity contribution in [2.45, 2.75) is 5.41 Å². The molecule has 1 aliphatic heterocycles. The molecule has 58 heavy (non-hydrogen) atoms. The van der Waals surface area contributed by atoms with Crippen molar-refractivity contribution in [1.82, 2.24) is 15.0 Å². The standard InChI is InChI=1S/C53H32N4O/c1-54-47-25-13-9-20-40(47)38-30-37(31-39(32-38)52-56-50(34-16-4-2-5-17-34)55-51(57-52)35-18-6-3-7-19-35)36-28-29-42-41-21-8-10-22-43(41)53(46(42)33-36)44-23-11-14-26-48(44)58-49-27-15-12-24-45(49)53/h2-33H. The predicted octanol–water partition coefficient (Wildman–Crippen LogP) is 13.2. The highest BCUT2D eigenvalue weighted by atomic mass is 16.5. The molecular weight excluding hydrogens is 709 g/mol. The molecule has 1 spiro atoms. The minimum Gasteiger partial charge on any atom is -0.457 e. The van der Waals surface area contributed by atoms with Crippen LogP contribution in [-0.2, 0) is 5.41 Å². The van der Waals surface area contributed by atoms with Crippen molar-refractivity contribution in [3.05, 3.63) is 228 Å². The Morgan fingerprint density at radius 3 is 1.48 bits per heavy atom. The molecule has 1 aromatic heterocycles. The summed E-state index contributed by atoms with van der Waals surface area (Å²) in [6.45, 7) is 8.07. The monoisotopic (exact) mass is 740 g/mol. The fourth-order valence-electron chi connectivity index (χ4n) is 8.87. The van der Waals surface area contributed by atoms with Crippen LogP contribution in [0.15, 0.2) is 194 Å². The lowest BCUT2D eigenvalue weighted by Gasteiger charge is -2.39. The number of ether oxygens (including phenoxy) is 1. The lowest BCUT2D eigenvalue weighted by Crippen LogP contribution is -2.32. The number of para-hydroxylation sites is 3. The highest BCUT2D eigenvalue weighted by Gasteiger charge is 2.51. The van der Waals surface area contributed by atoms with Crippen molar-refractivity contribution in [3.63, 3.8) is 0 Å². The Morgan fingerprint density at radius 2 is 0.845 bits per heavy atom. The van der Waals surface area contributed by atoms with Crippen LogP contribution in [0.25, 0.3) is 72.4 Å². The van der Waals surface area contributed by atoms with Gasteiger partial charge in [0.25, 0.3) is 0 Å². The second-order valence-electron chi connectivity index (χ2n) is 14.6. The minimum absolute atomic E-state index is 0.549. The Hall–Kier alpha value is -7.94. The summed E-state index contributed by atoms with van der Waals surface area (Å²) in [6.07, 6.45) is 0. The first kappa shape index (κ1) is 33.4. The zero-order valence-electron chi connectivity index (χ0n) is 31.2. The Bertz CT molecular complexity index is 3010. The molecule has 0 saturated heterocycles. The van der Waals surface area contributed by atoms with Gasteiger partial charge in [-0.05, 0) is 80.9 Å². The van der Waals surface area contributed by atoms with E-state index < -0.39 is 5.41 Å². The van der Waals surface area contributed by atoms with Gasteiger partial charge in [-0.1, -0.05) is 158 Å². The maximum Gasteiger partial charge on any atom is 0.194 e. The number of benzene rings is 8. The van der Waals surface area contributed by atoms with E-state index in [1.54, 1.807) is 0 Å². The normalized spacial score (nSPS) is 12.7. The van der Waals surface area contributed by atoms with Crippen molar-refractivity contribution in [3.8, 4) is 79.0 Å². The fourth-order valence-corrected chi connectivity index (χ4v) is 8.87. The number of aromatic nitrogens is 3. The number of hydrogen-bond donors (Lipinski definition) is 0. The zero-order valence-corrected chi connectivity index (χ0v) is 31.2. The van der Waals surface area contributed by atoms with Gasteiger partial charge in [-0.3, -0.25) is 0 Å². The fraction of sp³-hybridized carbons (Fsp3) is 0.0189. The predicted molar refractivity (Wildman–Crippen MR) is 231 cm³/mol. The van der Waals surface area contributed by atoms with Crippen LogP contribution in [0.5, 0.6) is 11.5 Å². The van der Waals surface area contributed by atoms with Crippen molar-refractivity contribution < 1.29 is 4.74 Å². The SMILES string of the molecule is [C-]#[N+]c1ccccc1-c1cc(-c2ccc3c(c2)C2(c4ccccc4Oc4ccccc42)c2ccccc2-3)cc(-c2nc(-c3ccccc3)nc(-c3ccccc3)n2)c1. The molecule has 0 amide bonds. The van der Waals surface area contributed by atoms with Gasteiger partial charge < -0.3 is 4.74 Å². The van der Waals surface area contributed by atoms with Crippen LogP contribution in [0.1, 0.15) is 22.3 Å². The van der Waals surface area contributed by atoms with Crippen LogP contribution >= 0.6 is 0 Å². The average Bonchev–Trinajstić information content (AvgIpc) is 3.59. The van der Waals surface area contributed by atoms with E-state index in [0.717, 1.165) is 61.6 Å². The lowest BCUT2D eigenvalue weighted by atomic mass is 9.66. The molecule has 9 aromatic rings. The number of nitrogens with zero attached hydrogens (tertiary/aromatic N) is 4. The first-order valence-electron chi connectivity index (χ1n) is 19.3. The first-order valence-corrected chi connectivity index (χ1v) is 19.3. The summed E-state index contributed by atoms with van der Waals surface area (Å²) >= 11 is 0. The molecular formula is C53H32N4O. The smallest absolute Gasteiger partial charge is 0.194 e. The second kappa shape index (κ2) is 13.4. The van der Waals surface area contributed by atoms with E-state index in [2.05, 4.69) is 102 Å². The van der Waals surface area contributed by atoms with E-state index in [1.165, 1.54) is 22.3 Å². The summed E-state index contributed by atoms with van der Waals surface area (Å²) in [7, 11) is 0. The van der Waals surface area contributed by atoms with Crippen LogP contribution in [0, 0.1) is 6.57 Å². The Labute approximate surface area is 336 Å². The van der Waals surface area contributed by atoms with Crippen LogP contribution in [0.4, 0.5) is 5.69 Å². The third-order valence-corrected chi connectivity index (χ3v) is 11.4. The lowest BCUT2D eigenvalue weighted by molar-refractivity contribution is 0.436. The second-order valence-corrected chi connectivity index (χ2v) is 14.6. The highest BCUT2D eigenvalue weighted by molar-refractivity contribution is 5.92. The molecule has 8 aromatic carbocycles. The molecule has 2 heterocycles. The van der Waals surface area contributed by atoms with E-state index in [4.69, 9.17) is 26.3 Å². The van der Waals surface area contributed by atoms with Gasteiger partial charge in [0.2, 0.25) is 0 Å². The molecule has 2 aliphatic rings. The summed E-state index contributed by atoms with van der Waals surface area (Å²) in [6, 6.07) is 66.7. The molecule has 1 aliphatic carbocycles. The van der Waals surface area contributed by atoms with E-state index in [1.807, 2.05) is 97.1 Å². The van der Waals surface area contributed by atoms with E-state index in [0.29, 0.717) is 23.2 Å². The Balaban J connectivity index is 1.17. The van der Waals surface area contributed by atoms with Crippen molar-refractivity contribution >= 4 is 5.69 Å². The molecule has 0 radical (unpaired) electrons. The summed E-state index contributed by atoms with van der Waals surface area (Å²) < 4.78 is 6.60. The topological polar surface area (TPSA) is 52.3 Å². The third-order valence-electron chi connectivity index (χ3n) is 11.4. The Morgan fingerprint density at radius 1 is 0.362 bits per heavy atom. The molecule has 11 rings (SSSR count). The van der Waals surface area contributed by atoms with Gasteiger partial charge in [-0.15, -0.1) is 0 Å². The Kier molecular flexibility index (Phi) is 7.70. The van der Waals surface area contributed by atoms with Crippen molar-refractivity contribution in [2.75, 3.05) is 0 Å². The molecule has 0 bridgehead atoms. The van der Waals surface area contributed by atoms with Crippen molar-refractivity contribution in [2.24, 2.45) is 0 Å². The van der Waals surface area contributed by atoms with Gasteiger partial charge in [0.15, 0.2) is 23.2 Å². The average molecular weight is 741 g/mol. The van der Waals surface area contributed by atoms with E-state index >= 15 is 0 Å². The molecule has 5 heteroatoms. The quantitative estimate of drug-likeness (QED) is 0.165. The van der Waals surface area contributed by atoms with Crippen LogP contribution in [0.3, 0.4) is 0 Å². The summed E-state index contributed by atoms with van der Waals surface area (Å²) in [5.41, 5.74) is 13.4. The highest BCUT2D eigenvalue weighted by Crippen LogP contribution is 2.62. The molecule has 0 saturated carbocycles. The molecule has 0 unspecified atom stereocenters. The summed E-state index contributed by atoms with van der Waals surface area (Å²) in [5, 5.41) is 0. The maximum absolute atomic E-state index is 8.07. The number of fused-ring (bicyclic) bond motifs is 9. The largest absolute Gasteiger partial charge is 0.457 e. The van der Waals surface area contributed by atoms with Gasteiger partial charge in [-0.25, -0.2) is 19.8 Å². The van der Waals surface area contributed by atoms with Gasteiger partial charge >= 0.3 is 0 Å². The first-order chi connectivity index (χ1) is 28.7. The number of rotatable bonds is 5. The molecule has 5 nitrogen and oxygen atoms in total. The third kappa shape index (κ3) is 5.20. The van der Waals surface area contributed by atoms with E-state index in [9.17, 15) is 0 Å². The molecule has 270 valence electrons. The van der Waals surface area contributed by atoms with Crippen LogP contribution in [-0.4, -0.2) is 15.0 Å². The summed E-state index contributed by atoms with van der Waals surface area (Å²) in [4.78, 5) is 19.1. The van der Waals surface area contributed by atoms with Gasteiger partial charge in [0, 0.05) is 27.8 Å². The van der Waals surface area contributed by atoms with Crippen LogP contribution < -0.4 is 4.74 Å². The zero-order chi connectivity index (χ0) is 38.6. The maximum atomic E-state index is 8.07. The minimum atomic E-state index is -0.603. The summed E-state index contributed by atoms with van der Waals surface area (Å²) in [5.74, 6) is 3.44. The van der Waals surface area contributed by atoms with E-state index in [-0.39, 0.29) is 0 Å². The molecule has 0 atom stereocenters. The van der Waals surface area contributed by atoms with Crippen LogP contribution in [0.2, 0.25) is 0 Å². The molecule has 0 fully saturated rings. The number of hydrogen-bond acceptors (Lipinski definition) is 4. The molecule has 0 N–H and O–H groups in total. The van der Waals surface area contributed by atoms with Gasteiger partial charge in [-0.2, -0.15) is 0 Å². The van der Waals surface area contributed by atoms with Gasteiger partial charge in [0.1, 0.15) is 11.5 Å².